The zero-order valence-corrected chi connectivity index (χ0v) is 13.1. The van der Waals surface area contributed by atoms with Gasteiger partial charge in [0.2, 0.25) is 0 Å². The second kappa shape index (κ2) is 6.38. The van der Waals surface area contributed by atoms with Crippen LogP contribution in [-0.4, -0.2) is 19.2 Å². The molecule has 2 atom stereocenters. The van der Waals surface area contributed by atoms with Crippen molar-refractivity contribution in [2.75, 3.05) is 13.2 Å². The molecule has 1 saturated heterocycles. The van der Waals surface area contributed by atoms with E-state index in [0.717, 1.165) is 29.1 Å². The minimum Gasteiger partial charge on any atom is -0.373 e. The van der Waals surface area contributed by atoms with Crippen molar-refractivity contribution in [3.05, 3.63) is 33.3 Å². The second-order valence-corrected chi connectivity index (χ2v) is 6.34. The molecule has 1 aliphatic heterocycles. The smallest absolute Gasteiger partial charge is 0.0866 e. The molecule has 1 heterocycles. The zero-order chi connectivity index (χ0) is 13.1. The third kappa shape index (κ3) is 3.47. The Bertz CT molecular complexity index is 411. The first-order chi connectivity index (χ1) is 8.58. The van der Waals surface area contributed by atoms with Crippen LogP contribution in [0, 0.1) is 5.92 Å². The molecule has 0 aliphatic carbocycles. The molecule has 2 rings (SSSR count). The molecule has 1 N–H and O–H groups in total. The van der Waals surface area contributed by atoms with Crippen LogP contribution >= 0.6 is 27.5 Å². The summed E-state index contributed by atoms with van der Waals surface area (Å²) in [6.07, 6.45) is 1.30. The minimum absolute atomic E-state index is 0.185. The van der Waals surface area contributed by atoms with Gasteiger partial charge in [-0.05, 0) is 40.0 Å². The molecular weight excluding hydrogens is 314 g/mol. The predicted octanol–water partition coefficient (Wildman–Crippen LogP) is 4.18. The Labute approximate surface area is 122 Å². The van der Waals surface area contributed by atoms with Gasteiger partial charge in [-0.3, -0.25) is 0 Å². The molecule has 0 spiro atoms. The Morgan fingerprint density at radius 3 is 2.94 bits per heavy atom. The quantitative estimate of drug-likeness (QED) is 0.893. The SMILES string of the molecule is CC(C)NCC1CCOC1c1ccc(Cl)c(Br)c1. The molecule has 0 aromatic heterocycles. The summed E-state index contributed by atoms with van der Waals surface area (Å²) in [5, 5.41) is 4.24. The number of hydrogen-bond donors (Lipinski definition) is 1. The first kappa shape index (κ1) is 14.3. The van der Waals surface area contributed by atoms with Gasteiger partial charge in [-0.1, -0.05) is 31.5 Å². The van der Waals surface area contributed by atoms with Gasteiger partial charge in [0.25, 0.3) is 0 Å². The molecule has 2 nitrogen and oxygen atoms in total. The fraction of sp³-hybridized carbons (Fsp3) is 0.571. The average molecular weight is 333 g/mol. The summed E-state index contributed by atoms with van der Waals surface area (Å²) in [7, 11) is 0. The van der Waals surface area contributed by atoms with Crippen molar-refractivity contribution in [1.29, 1.82) is 0 Å². The molecule has 4 heteroatoms. The van der Waals surface area contributed by atoms with E-state index in [4.69, 9.17) is 16.3 Å². The van der Waals surface area contributed by atoms with Gasteiger partial charge < -0.3 is 10.1 Å². The first-order valence-corrected chi connectivity index (χ1v) is 7.55. The molecule has 1 aliphatic rings. The van der Waals surface area contributed by atoms with Crippen molar-refractivity contribution in [3.8, 4) is 0 Å². The van der Waals surface area contributed by atoms with E-state index < -0.39 is 0 Å². The standard InChI is InChI=1S/C14H19BrClNO/c1-9(2)17-8-11-5-6-18-14(11)10-3-4-13(16)12(15)7-10/h3-4,7,9,11,14,17H,5-6,8H2,1-2H3. The summed E-state index contributed by atoms with van der Waals surface area (Å²) < 4.78 is 6.81. The highest BCUT2D eigenvalue weighted by Gasteiger charge is 2.29. The maximum Gasteiger partial charge on any atom is 0.0866 e. The van der Waals surface area contributed by atoms with Crippen LogP contribution in [0.5, 0.6) is 0 Å². The Kier molecular flexibility index (Phi) is 5.07. The molecular formula is C14H19BrClNO. The fourth-order valence-corrected chi connectivity index (χ4v) is 2.80. The molecule has 1 fully saturated rings. The average Bonchev–Trinajstić information content (AvgIpc) is 2.78. The van der Waals surface area contributed by atoms with Gasteiger partial charge in [-0.25, -0.2) is 0 Å². The van der Waals surface area contributed by atoms with Crippen molar-refractivity contribution < 1.29 is 4.74 Å². The molecule has 100 valence electrons. The fourth-order valence-electron chi connectivity index (χ4n) is 2.29. The molecule has 0 bridgehead atoms. The minimum atomic E-state index is 0.185. The molecule has 1 aromatic carbocycles. The van der Waals surface area contributed by atoms with E-state index in [0.29, 0.717) is 12.0 Å². The topological polar surface area (TPSA) is 21.3 Å². The molecule has 2 unspecified atom stereocenters. The van der Waals surface area contributed by atoms with Crippen LogP contribution in [-0.2, 0) is 4.74 Å². The Balaban J connectivity index is 2.08. The van der Waals surface area contributed by atoms with Crippen LogP contribution in [0.15, 0.2) is 22.7 Å². The molecule has 18 heavy (non-hydrogen) atoms. The van der Waals surface area contributed by atoms with Crippen molar-refractivity contribution in [1.82, 2.24) is 5.32 Å². The molecule has 0 amide bonds. The van der Waals surface area contributed by atoms with E-state index in [1.54, 1.807) is 0 Å². The van der Waals surface area contributed by atoms with Crippen LogP contribution in [0.25, 0.3) is 0 Å². The van der Waals surface area contributed by atoms with Crippen LogP contribution < -0.4 is 5.32 Å². The lowest BCUT2D eigenvalue weighted by Gasteiger charge is -2.21. The van der Waals surface area contributed by atoms with Crippen molar-refractivity contribution in [2.24, 2.45) is 5.92 Å². The van der Waals surface area contributed by atoms with E-state index >= 15 is 0 Å². The highest BCUT2D eigenvalue weighted by Crippen LogP contribution is 2.36. The Morgan fingerprint density at radius 2 is 2.28 bits per heavy atom. The summed E-state index contributed by atoms with van der Waals surface area (Å²) >= 11 is 9.50. The lowest BCUT2D eigenvalue weighted by atomic mass is 9.95. The lowest BCUT2D eigenvalue weighted by Crippen LogP contribution is -2.30. The van der Waals surface area contributed by atoms with Crippen LogP contribution in [0.4, 0.5) is 0 Å². The van der Waals surface area contributed by atoms with Crippen LogP contribution in [0.3, 0.4) is 0 Å². The summed E-state index contributed by atoms with van der Waals surface area (Å²) in [5.41, 5.74) is 1.21. The third-order valence-electron chi connectivity index (χ3n) is 3.27. The van der Waals surface area contributed by atoms with E-state index in [2.05, 4.69) is 47.2 Å². The van der Waals surface area contributed by atoms with Gasteiger partial charge in [0.05, 0.1) is 11.1 Å². The van der Waals surface area contributed by atoms with Crippen LogP contribution in [0.2, 0.25) is 5.02 Å². The number of hydrogen-bond acceptors (Lipinski definition) is 2. The molecule has 0 saturated carbocycles. The van der Waals surface area contributed by atoms with Crippen molar-refractivity contribution in [3.63, 3.8) is 0 Å². The van der Waals surface area contributed by atoms with E-state index in [1.165, 1.54) is 5.56 Å². The monoisotopic (exact) mass is 331 g/mol. The van der Waals surface area contributed by atoms with Gasteiger partial charge in [0.15, 0.2) is 0 Å². The van der Waals surface area contributed by atoms with Gasteiger partial charge in [-0.15, -0.1) is 0 Å². The van der Waals surface area contributed by atoms with E-state index in [-0.39, 0.29) is 6.10 Å². The van der Waals surface area contributed by atoms with Gasteiger partial charge in [-0.2, -0.15) is 0 Å². The normalized spacial score (nSPS) is 23.8. The van der Waals surface area contributed by atoms with E-state index in [1.807, 2.05) is 6.07 Å². The lowest BCUT2D eigenvalue weighted by molar-refractivity contribution is 0.0900. The zero-order valence-electron chi connectivity index (χ0n) is 10.7. The highest BCUT2D eigenvalue weighted by atomic mass is 79.9. The number of ether oxygens (including phenoxy) is 1. The largest absolute Gasteiger partial charge is 0.373 e. The summed E-state index contributed by atoms with van der Waals surface area (Å²) in [4.78, 5) is 0. The summed E-state index contributed by atoms with van der Waals surface area (Å²) in [6, 6.07) is 6.57. The number of rotatable bonds is 4. The van der Waals surface area contributed by atoms with Gasteiger partial charge >= 0.3 is 0 Å². The van der Waals surface area contributed by atoms with Crippen molar-refractivity contribution in [2.45, 2.75) is 32.4 Å². The van der Waals surface area contributed by atoms with Crippen LogP contribution in [0.1, 0.15) is 31.9 Å². The van der Waals surface area contributed by atoms with E-state index in [9.17, 15) is 0 Å². The Hall–Kier alpha value is -0.0900. The molecule has 1 aromatic rings. The predicted molar refractivity (Wildman–Crippen MR) is 79.1 cm³/mol. The maximum atomic E-state index is 6.03. The highest BCUT2D eigenvalue weighted by molar-refractivity contribution is 9.10. The molecule has 0 radical (unpaired) electrons. The van der Waals surface area contributed by atoms with Gasteiger partial charge in [0, 0.05) is 29.6 Å². The third-order valence-corrected chi connectivity index (χ3v) is 4.49. The first-order valence-electron chi connectivity index (χ1n) is 6.38. The Morgan fingerprint density at radius 1 is 1.50 bits per heavy atom. The van der Waals surface area contributed by atoms with Crippen molar-refractivity contribution >= 4 is 27.5 Å². The number of nitrogens with one attached hydrogen (secondary N) is 1. The number of halogens is 2. The number of benzene rings is 1. The summed E-state index contributed by atoms with van der Waals surface area (Å²) in [6.45, 7) is 6.19. The maximum absolute atomic E-state index is 6.03. The van der Waals surface area contributed by atoms with Gasteiger partial charge in [0.1, 0.15) is 0 Å². The second-order valence-electron chi connectivity index (χ2n) is 5.08. The summed E-state index contributed by atoms with van der Waals surface area (Å²) in [5.74, 6) is 0.542.